The van der Waals surface area contributed by atoms with E-state index in [1.807, 2.05) is 19.1 Å². The Morgan fingerprint density at radius 2 is 1.64 bits per heavy atom. The van der Waals surface area contributed by atoms with E-state index in [9.17, 15) is 22.4 Å². The van der Waals surface area contributed by atoms with E-state index < -0.39 is 24.5 Å². The van der Waals surface area contributed by atoms with Crippen LogP contribution in [0.4, 0.5) is 29.3 Å². The number of benzene rings is 2. The summed E-state index contributed by atoms with van der Waals surface area (Å²) >= 11 is 0. The normalized spacial score (nSPS) is 21.1. The summed E-state index contributed by atoms with van der Waals surface area (Å²) in [6, 6.07) is 6.03. The van der Waals surface area contributed by atoms with Crippen molar-refractivity contribution in [2.45, 2.75) is 77.3 Å². The molecule has 2 aromatic heterocycles. The maximum atomic E-state index is 14.2. The molecule has 1 amide bonds. The molecule has 10 nitrogen and oxygen atoms in total. The zero-order valence-corrected chi connectivity index (χ0v) is 32.3. The van der Waals surface area contributed by atoms with Crippen LogP contribution >= 0.6 is 0 Å². The molecule has 5 aliphatic rings. The summed E-state index contributed by atoms with van der Waals surface area (Å²) in [5.41, 5.74) is 4.51. The minimum Gasteiger partial charge on any atom is -0.481 e. The molecule has 6 heterocycles. The van der Waals surface area contributed by atoms with Crippen LogP contribution in [0.2, 0.25) is 0 Å². The van der Waals surface area contributed by atoms with Gasteiger partial charge in [0, 0.05) is 61.0 Å². The fraction of sp³-hybridized carbons (Fsp3) is 0.571. The third kappa shape index (κ3) is 6.75. The van der Waals surface area contributed by atoms with Crippen molar-refractivity contribution in [1.29, 1.82) is 0 Å². The maximum absolute atomic E-state index is 14.2. The second-order valence-electron chi connectivity index (χ2n) is 17.2. The number of likely N-dealkylation sites (tertiary alicyclic amines) is 2. The number of nitrogens with zero attached hydrogens (tertiary/aromatic N) is 7. The molecule has 0 atom stereocenters. The molecule has 2 aromatic carbocycles. The van der Waals surface area contributed by atoms with Crippen LogP contribution in [0.3, 0.4) is 0 Å². The second kappa shape index (κ2) is 13.9. The highest BCUT2D eigenvalue weighted by molar-refractivity contribution is 6.06. The lowest BCUT2D eigenvalue weighted by molar-refractivity contribution is -0.153. The Kier molecular flexibility index (Phi) is 9.20. The summed E-state index contributed by atoms with van der Waals surface area (Å²) in [6.45, 7) is 12.9. The standard InChI is InChI=1S/C42H50F4N8O2/c1-4-14-51-15-9-40(10-16-51)11-19-53(22-40)39-48-35-30(37(49-39)52-17-12-41(13-18-52)23-54(24-41)38(55)27(3)43)20-29(28-6-7-28)34(36(35)56-25-42(44,45)46)33-26(2)5-8-32-31(33)21-47-50-32/h5,8,20-21,28H,3-4,6-7,9-19,22-25H2,1-2H3,(H,47,50). The topological polar surface area (TPSA) is 93.7 Å². The van der Waals surface area contributed by atoms with Gasteiger partial charge >= 0.3 is 6.18 Å². The number of piperidine rings is 2. The van der Waals surface area contributed by atoms with Crippen LogP contribution in [0.25, 0.3) is 32.9 Å². The predicted molar refractivity (Wildman–Crippen MR) is 209 cm³/mol. The lowest BCUT2D eigenvalue weighted by Crippen LogP contribution is -2.62. The molecule has 2 spiro atoms. The maximum Gasteiger partial charge on any atom is 0.422 e. The van der Waals surface area contributed by atoms with Crippen molar-refractivity contribution < 1.29 is 27.1 Å². The molecule has 9 rings (SSSR count). The third-order valence-electron chi connectivity index (χ3n) is 13.3. The number of anilines is 2. The van der Waals surface area contributed by atoms with E-state index in [1.54, 1.807) is 6.20 Å². The molecule has 56 heavy (non-hydrogen) atoms. The van der Waals surface area contributed by atoms with Crippen molar-refractivity contribution in [2.24, 2.45) is 10.8 Å². The lowest BCUT2D eigenvalue weighted by atomic mass is 9.72. The van der Waals surface area contributed by atoms with E-state index in [-0.39, 0.29) is 22.5 Å². The van der Waals surface area contributed by atoms with Gasteiger partial charge in [0.25, 0.3) is 5.91 Å². The van der Waals surface area contributed by atoms with E-state index >= 15 is 0 Å². The average molecular weight is 775 g/mol. The summed E-state index contributed by atoms with van der Waals surface area (Å²) < 4.78 is 62.3. The number of aromatic nitrogens is 4. The number of carbonyl (C=O) groups is 1. The highest BCUT2D eigenvalue weighted by Gasteiger charge is 2.48. The Hall–Kier alpha value is -4.46. The molecule has 298 valence electrons. The van der Waals surface area contributed by atoms with Gasteiger partial charge in [-0.2, -0.15) is 23.3 Å². The van der Waals surface area contributed by atoms with Crippen molar-refractivity contribution in [3.63, 3.8) is 0 Å². The van der Waals surface area contributed by atoms with Gasteiger partial charge in [-0.1, -0.05) is 19.6 Å². The van der Waals surface area contributed by atoms with E-state index in [2.05, 4.69) is 44.5 Å². The van der Waals surface area contributed by atoms with E-state index in [1.165, 1.54) is 4.90 Å². The van der Waals surface area contributed by atoms with Crippen LogP contribution in [0, 0.1) is 17.8 Å². The van der Waals surface area contributed by atoms with Crippen molar-refractivity contribution in [2.75, 3.05) is 75.3 Å². The summed E-state index contributed by atoms with van der Waals surface area (Å²) in [5, 5.41) is 8.86. The average Bonchev–Trinajstić information content (AvgIpc) is 3.76. The van der Waals surface area contributed by atoms with Crippen molar-refractivity contribution >= 4 is 39.5 Å². The van der Waals surface area contributed by atoms with E-state index in [0.717, 1.165) is 112 Å². The SMILES string of the molecule is C=C(F)C(=O)N1CC2(CCN(c3nc(N4CCC5(CCN(CCC)CC5)C4)nc4c(OCC(F)(F)F)c(-c5c(C)ccc6[nH]ncc56)c(C5CC5)cc34)CC2)C1. The molecular weight excluding hydrogens is 725 g/mol. The Balaban J connectivity index is 1.17. The number of fused-ring (bicyclic) bond motifs is 2. The largest absolute Gasteiger partial charge is 0.481 e. The molecule has 4 aromatic rings. The summed E-state index contributed by atoms with van der Waals surface area (Å²) in [5.74, 6) is -0.0873. The number of alkyl halides is 3. The number of ether oxygens (including phenoxy) is 1. The first-order valence-corrected chi connectivity index (χ1v) is 20.2. The first kappa shape index (κ1) is 37.1. The van der Waals surface area contributed by atoms with E-state index in [0.29, 0.717) is 54.4 Å². The fourth-order valence-corrected chi connectivity index (χ4v) is 10.0. The zero-order chi connectivity index (χ0) is 39.0. The number of hydrogen-bond donors (Lipinski definition) is 1. The third-order valence-corrected chi connectivity index (χ3v) is 13.3. The molecule has 0 bridgehead atoms. The summed E-state index contributed by atoms with van der Waals surface area (Å²) in [4.78, 5) is 31.4. The van der Waals surface area contributed by atoms with Crippen molar-refractivity contribution in [3.05, 3.63) is 47.9 Å². The summed E-state index contributed by atoms with van der Waals surface area (Å²) in [6.07, 6.45) is 4.87. The van der Waals surface area contributed by atoms with Crippen LogP contribution in [0.5, 0.6) is 5.75 Å². The number of carbonyl (C=O) groups excluding carboxylic acids is 1. The number of hydrogen-bond acceptors (Lipinski definition) is 8. The van der Waals surface area contributed by atoms with Gasteiger partial charge in [-0.15, -0.1) is 0 Å². The van der Waals surface area contributed by atoms with Gasteiger partial charge in [0.2, 0.25) is 5.95 Å². The molecule has 4 aliphatic heterocycles. The molecule has 1 aliphatic carbocycles. The van der Waals surface area contributed by atoms with Gasteiger partial charge in [0.1, 0.15) is 11.3 Å². The molecular formula is C42H50F4N8O2. The van der Waals surface area contributed by atoms with Crippen molar-refractivity contribution in [1.82, 2.24) is 30.0 Å². The first-order valence-electron chi connectivity index (χ1n) is 20.2. The Labute approximate surface area is 324 Å². The number of nitrogens with one attached hydrogen (secondary N) is 1. The highest BCUT2D eigenvalue weighted by atomic mass is 19.4. The molecule has 1 saturated carbocycles. The number of aryl methyl sites for hydroxylation is 1. The van der Waals surface area contributed by atoms with Crippen LogP contribution < -0.4 is 14.5 Å². The highest BCUT2D eigenvalue weighted by Crippen LogP contribution is 2.54. The van der Waals surface area contributed by atoms with Crippen LogP contribution in [0.15, 0.2) is 36.8 Å². The first-order chi connectivity index (χ1) is 26.8. The number of aromatic amines is 1. The van der Waals surface area contributed by atoms with Crippen LogP contribution in [-0.4, -0.2) is 108 Å². The number of H-pyrrole nitrogens is 1. The number of halogens is 4. The Bertz CT molecular complexity index is 2170. The van der Waals surface area contributed by atoms with Gasteiger partial charge in [0.05, 0.1) is 11.7 Å². The smallest absolute Gasteiger partial charge is 0.422 e. The van der Waals surface area contributed by atoms with Crippen LogP contribution in [-0.2, 0) is 4.79 Å². The van der Waals surface area contributed by atoms with Gasteiger partial charge in [-0.05, 0) is 118 Å². The Morgan fingerprint density at radius 3 is 2.32 bits per heavy atom. The molecule has 5 fully saturated rings. The Morgan fingerprint density at radius 1 is 0.946 bits per heavy atom. The van der Waals surface area contributed by atoms with E-state index in [4.69, 9.17) is 14.7 Å². The summed E-state index contributed by atoms with van der Waals surface area (Å²) in [7, 11) is 0. The van der Waals surface area contributed by atoms with Gasteiger partial charge < -0.3 is 24.3 Å². The molecule has 0 radical (unpaired) electrons. The van der Waals surface area contributed by atoms with Gasteiger partial charge in [0.15, 0.2) is 18.2 Å². The fourth-order valence-electron chi connectivity index (χ4n) is 10.0. The zero-order valence-electron chi connectivity index (χ0n) is 32.3. The van der Waals surface area contributed by atoms with Gasteiger partial charge in [-0.3, -0.25) is 9.89 Å². The monoisotopic (exact) mass is 774 g/mol. The molecule has 14 heteroatoms. The number of rotatable bonds is 9. The minimum atomic E-state index is -4.57. The van der Waals surface area contributed by atoms with Crippen LogP contribution in [0.1, 0.15) is 75.3 Å². The van der Waals surface area contributed by atoms with Gasteiger partial charge in [-0.25, -0.2) is 9.37 Å². The predicted octanol–water partition coefficient (Wildman–Crippen LogP) is 7.91. The molecule has 1 N–H and O–H groups in total. The quantitative estimate of drug-likeness (QED) is 0.136. The second-order valence-corrected chi connectivity index (χ2v) is 17.2. The number of amides is 1. The lowest BCUT2D eigenvalue weighted by Gasteiger charge is -2.54. The molecule has 4 saturated heterocycles. The minimum absolute atomic E-state index is 0.116. The molecule has 0 unspecified atom stereocenters. The van der Waals surface area contributed by atoms with Crippen molar-refractivity contribution in [3.8, 4) is 16.9 Å².